The van der Waals surface area contributed by atoms with E-state index in [0.717, 1.165) is 24.1 Å². The Morgan fingerprint density at radius 1 is 1.31 bits per heavy atom. The first kappa shape index (κ1) is 18.1. The minimum absolute atomic E-state index is 0.224. The number of benzene rings is 1. The molecule has 0 bridgehead atoms. The summed E-state index contributed by atoms with van der Waals surface area (Å²) < 4.78 is 5.46. The monoisotopic (exact) mass is 355 g/mol. The van der Waals surface area contributed by atoms with E-state index in [0.29, 0.717) is 25.6 Å². The van der Waals surface area contributed by atoms with Crippen molar-refractivity contribution in [1.29, 1.82) is 5.26 Å². The first-order valence-electron chi connectivity index (χ1n) is 8.93. The van der Waals surface area contributed by atoms with Gasteiger partial charge in [-0.2, -0.15) is 5.26 Å². The van der Waals surface area contributed by atoms with Gasteiger partial charge in [-0.05, 0) is 45.2 Å². The molecular formula is C19H25N5O2. The number of aliphatic imine (C=N–C) groups is 1. The van der Waals surface area contributed by atoms with Crippen LogP contribution in [0, 0.1) is 11.5 Å². The average Bonchev–Trinajstić information content (AvgIpc) is 2.60. The van der Waals surface area contributed by atoms with Crippen molar-refractivity contribution in [1.82, 2.24) is 15.1 Å². The number of piperidine rings is 1. The third-order valence-corrected chi connectivity index (χ3v) is 4.56. The van der Waals surface area contributed by atoms with Crippen molar-refractivity contribution < 1.29 is 9.53 Å². The van der Waals surface area contributed by atoms with Crippen LogP contribution in [0.1, 0.15) is 39.2 Å². The summed E-state index contributed by atoms with van der Waals surface area (Å²) in [4.78, 5) is 20.7. The first-order chi connectivity index (χ1) is 12.4. The van der Waals surface area contributed by atoms with Crippen LogP contribution in [-0.2, 0) is 11.3 Å². The smallest absolute Gasteiger partial charge is 0.410 e. The number of amides is 1. The molecule has 1 fully saturated rings. The van der Waals surface area contributed by atoms with Gasteiger partial charge < -0.3 is 14.5 Å². The highest BCUT2D eigenvalue weighted by molar-refractivity contribution is 5.86. The zero-order chi connectivity index (χ0) is 18.7. The summed E-state index contributed by atoms with van der Waals surface area (Å²) in [5.74, 6) is 0.585. The van der Waals surface area contributed by atoms with E-state index in [9.17, 15) is 4.79 Å². The third-order valence-electron chi connectivity index (χ3n) is 4.56. The lowest BCUT2D eigenvalue weighted by molar-refractivity contribution is 0.0170. The fourth-order valence-corrected chi connectivity index (χ4v) is 3.33. The second kappa shape index (κ2) is 7.24. The van der Waals surface area contributed by atoms with Gasteiger partial charge in [0.15, 0.2) is 6.19 Å². The van der Waals surface area contributed by atoms with E-state index in [1.165, 1.54) is 0 Å². The predicted octanol–water partition coefficient (Wildman–Crippen LogP) is 2.96. The maximum Gasteiger partial charge on any atom is 0.410 e. The van der Waals surface area contributed by atoms with Gasteiger partial charge in [0, 0.05) is 25.7 Å². The lowest BCUT2D eigenvalue weighted by Crippen LogP contribution is -2.52. The van der Waals surface area contributed by atoms with Crippen molar-refractivity contribution in [2.75, 3.05) is 13.1 Å². The number of nitrogens with one attached hydrogen (secondary N) is 1. The number of fused-ring (bicyclic) bond motifs is 1. The molecule has 26 heavy (non-hydrogen) atoms. The van der Waals surface area contributed by atoms with Gasteiger partial charge in [-0.25, -0.2) is 9.79 Å². The Bertz CT molecular complexity index is 739. The molecule has 7 nitrogen and oxygen atoms in total. The van der Waals surface area contributed by atoms with Gasteiger partial charge in [-0.1, -0.05) is 18.2 Å². The number of hydrogen-bond donors (Lipinski definition) is 1. The van der Waals surface area contributed by atoms with Crippen LogP contribution in [0.5, 0.6) is 0 Å². The van der Waals surface area contributed by atoms with Crippen molar-refractivity contribution in [3.05, 3.63) is 29.8 Å². The summed E-state index contributed by atoms with van der Waals surface area (Å²) >= 11 is 0. The van der Waals surface area contributed by atoms with Crippen molar-refractivity contribution in [2.24, 2.45) is 4.99 Å². The Balaban J connectivity index is 1.67. The molecule has 0 saturated carbocycles. The standard InChI is InChI=1S/C19H25N5O2/c1-19(2,3)26-18(25)23-10-8-15(9-11-23)24-12-14-6-4-5-7-16(14)22-17(24)21-13-20/h4-7,15H,8-12H2,1-3H3,(H,21,22). The largest absolute Gasteiger partial charge is 0.444 e. The highest BCUT2D eigenvalue weighted by Crippen LogP contribution is 2.29. The van der Waals surface area contributed by atoms with Gasteiger partial charge in [0.1, 0.15) is 5.60 Å². The maximum atomic E-state index is 12.2. The number of nitrogens with zero attached hydrogens (tertiary/aromatic N) is 4. The maximum absolute atomic E-state index is 12.2. The molecule has 2 aliphatic heterocycles. The Morgan fingerprint density at radius 3 is 2.65 bits per heavy atom. The summed E-state index contributed by atoms with van der Waals surface area (Å²) in [6, 6.07) is 8.19. The summed E-state index contributed by atoms with van der Waals surface area (Å²) in [5, 5.41) is 11.8. The third kappa shape index (κ3) is 4.07. The van der Waals surface area contributed by atoms with E-state index in [-0.39, 0.29) is 12.1 Å². The Morgan fingerprint density at radius 2 is 2.00 bits per heavy atom. The van der Waals surface area contributed by atoms with Crippen LogP contribution in [0.15, 0.2) is 29.3 Å². The molecule has 3 rings (SSSR count). The van der Waals surface area contributed by atoms with Crippen molar-refractivity contribution in [2.45, 2.75) is 51.8 Å². The van der Waals surface area contributed by atoms with E-state index >= 15 is 0 Å². The molecule has 7 heteroatoms. The zero-order valence-electron chi connectivity index (χ0n) is 15.5. The molecule has 0 spiro atoms. The molecular weight excluding hydrogens is 330 g/mol. The SMILES string of the molecule is CC(C)(C)OC(=O)N1CCC(N2Cc3ccccc3N=C2NC#N)CC1. The number of rotatable bonds is 1. The number of ether oxygens (including phenoxy) is 1. The van der Waals surface area contributed by atoms with E-state index in [1.54, 1.807) is 4.90 Å². The number of carbonyl (C=O) groups is 1. The number of nitriles is 1. The topological polar surface area (TPSA) is 81.0 Å². The molecule has 1 N–H and O–H groups in total. The summed E-state index contributed by atoms with van der Waals surface area (Å²) in [6.45, 7) is 7.60. The lowest BCUT2D eigenvalue weighted by atomic mass is 10.0. The van der Waals surface area contributed by atoms with E-state index in [2.05, 4.69) is 21.3 Å². The molecule has 138 valence electrons. The molecule has 2 aliphatic rings. The number of hydrogen-bond acceptors (Lipinski definition) is 6. The van der Waals surface area contributed by atoms with Crippen molar-refractivity contribution >= 4 is 17.7 Å². The second-order valence-corrected chi connectivity index (χ2v) is 7.63. The van der Waals surface area contributed by atoms with E-state index < -0.39 is 5.60 Å². The summed E-state index contributed by atoms with van der Waals surface area (Å²) in [5.41, 5.74) is 1.55. The molecule has 0 aromatic heterocycles. The molecule has 0 radical (unpaired) electrons. The molecule has 1 aromatic rings. The highest BCUT2D eigenvalue weighted by Gasteiger charge is 2.32. The minimum atomic E-state index is -0.485. The summed E-state index contributed by atoms with van der Waals surface area (Å²) in [6.07, 6.45) is 3.35. The van der Waals surface area contributed by atoms with Crippen molar-refractivity contribution in [3.63, 3.8) is 0 Å². The zero-order valence-corrected chi connectivity index (χ0v) is 15.5. The molecule has 0 atom stereocenters. The van der Waals surface area contributed by atoms with Crippen LogP contribution in [0.2, 0.25) is 0 Å². The van der Waals surface area contributed by atoms with Gasteiger partial charge in [-0.15, -0.1) is 0 Å². The Hall–Kier alpha value is -2.75. The molecule has 2 heterocycles. The van der Waals surface area contributed by atoms with Crippen LogP contribution in [-0.4, -0.2) is 46.6 Å². The van der Waals surface area contributed by atoms with E-state index in [4.69, 9.17) is 10.00 Å². The first-order valence-corrected chi connectivity index (χ1v) is 8.93. The highest BCUT2D eigenvalue weighted by atomic mass is 16.6. The van der Waals surface area contributed by atoms with E-state index in [1.807, 2.05) is 45.2 Å². The van der Waals surface area contributed by atoms with Gasteiger partial charge in [0.05, 0.1) is 5.69 Å². The van der Waals surface area contributed by atoms with Crippen LogP contribution in [0.3, 0.4) is 0 Å². The molecule has 1 saturated heterocycles. The molecule has 1 aromatic carbocycles. The van der Waals surface area contributed by atoms with Gasteiger partial charge >= 0.3 is 6.09 Å². The predicted molar refractivity (Wildman–Crippen MR) is 98.7 cm³/mol. The van der Waals surface area contributed by atoms with Crippen LogP contribution >= 0.6 is 0 Å². The second-order valence-electron chi connectivity index (χ2n) is 7.63. The fourth-order valence-electron chi connectivity index (χ4n) is 3.33. The number of para-hydroxylation sites is 1. The summed E-state index contributed by atoms with van der Waals surface area (Å²) in [7, 11) is 0. The molecule has 0 aliphatic carbocycles. The average molecular weight is 355 g/mol. The number of carbonyl (C=O) groups excluding carboxylic acids is 1. The van der Waals surface area contributed by atoms with Crippen molar-refractivity contribution in [3.8, 4) is 6.19 Å². The number of guanidine groups is 1. The molecule has 0 unspecified atom stereocenters. The molecule has 1 amide bonds. The van der Waals surface area contributed by atoms with Crippen LogP contribution in [0.4, 0.5) is 10.5 Å². The number of likely N-dealkylation sites (tertiary alicyclic amines) is 1. The van der Waals surface area contributed by atoms with Gasteiger partial charge in [0.2, 0.25) is 5.96 Å². The normalized spacial score (nSPS) is 17.8. The van der Waals surface area contributed by atoms with Gasteiger partial charge in [0.25, 0.3) is 0 Å². The minimum Gasteiger partial charge on any atom is -0.444 e. The van der Waals surface area contributed by atoms with Crippen LogP contribution in [0.25, 0.3) is 0 Å². The Kier molecular flexibility index (Phi) is 5.03. The lowest BCUT2D eigenvalue weighted by Gasteiger charge is -2.41. The van der Waals surface area contributed by atoms with Crippen LogP contribution < -0.4 is 5.32 Å². The fraction of sp³-hybridized carbons (Fsp3) is 0.526. The van der Waals surface area contributed by atoms with Gasteiger partial charge in [-0.3, -0.25) is 5.32 Å². The Labute approximate surface area is 154 Å². The quantitative estimate of drug-likeness (QED) is 0.619.